The van der Waals surface area contributed by atoms with Crippen molar-refractivity contribution in [3.05, 3.63) is 53.3 Å². The Morgan fingerprint density at radius 2 is 2.05 bits per heavy atom. The molecule has 0 spiro atoms. The molecular formula is C17H22N2O2. The summed E-state index contributed by atoms with van der Waals surface area (Å²) in [5.41, 5.74) is 3.30. The number of benzene rings is 1. The summed E-state index contributed by atoms with van der Waals surface area (Å²) in [5, 5.41) is 3.32. The van der Waals surface area contributed by atoms with E-state index in [1.165, 1.54) is 0 Å². The fourth-order valence-electron chi connectivity index (χ4n) is 2.08. The molecule has 1 aromatic carbocycles. The van der Waals surface area contributed by atoms with Gasteiger partial charge in [-0.15, -0.1) is 0 Å². The van der Waals surface area contributed by atoms with Crippen LogP contribution in [0.5, 0.6) is 11.5 Å². The second-order valence-corrected chi connectivity index (χ2v) is 4.91. The summed E-state index contributed by atoms with van der Waals surface area (Å²) < 4.78 is 11.2. The molecule has 112 valence electrons. The number of aromatic nitrogens is 1. The van der Waals surface area contributed by atoms with E-state index in [1.54, 1.807) is 7.11 Å². The Morgan fingerprint density at radius 3 is 2.76 bits per heavy atom. The number of nitrogens with one attached hydrogen (secondary N) is 1. The van der Waals surface area contributed by atoms with E-state index < -0.39 is 0 Å². The van der Waals surface area contributed by atoms with Crippen molar-refractivity contribution in [1.29, 1.82) is 0 Å². The second kappa shape index (κ2) is 7.64. The number of aryl methyl sites for hydroxylation is 1. The average molecular weight is 286 g/mol. The van der Waals surface area contributed by atoms with E-state index in [-0.39, 0.29) is 0 Å². The van der Waals surface area contributed by atoms with Gasteiger partial charge in [0.05, 0.1) is 7.11 Å². The molecule has 0 aliphatic heterocycles. The van der Waals surface area contributed by atoms with Gasteiger partial charge in [-0.2, -0.15) is 0 Å². The van der Waals surface area contributed by atoms with Crippen molar-refractivity contribution < 1.29 is 9.47 Å². The number of nitrogens with zero attached hydrogens (tertiary/aromatic N) is 1. The maximum Gasteiger partial charge on any atom is 0.124 e. The predicted octanol–water partition coefficient (Wildman–Crippen LogP) is 3.09. The topological polar surface area (TPSA) is 43.4 Å². The summed E-state index contributed by atoms with van der Waals surface area (Å²) in [7, 11) is 1.67. The standard InChI is InChI=1S/C17H22N2O2/c1-4-18-11-15-8-16(20-3)5-6-17(15)21-12-14-7-13(2)9-19-10-14/h5-10,18H,4,11-12H2,1-3H3. The maximum absolute atomic E-state index is 5.94. The minimum absolute atomic E-state index is 0.514. The minimum atomic E-state index is 0.514. The van der Waals surface area contributed by atoms with E-state index in [0.29, 0.717) is 6.61 Å². The van der Waals surface area contributed by atoms with E-state index in [0.717, 1.165) is 41.3 Å². The van der Waals surface area contributed by atoms with E-state index in [2.05, 4.69) is 23.3 Å². The molecule has 21 heavy (non-hydrogen) atoms. The zero-order chi connectivity index (χ0) is 15.1. The number of hydrogen-bond donors (Lipinski definition) is 1. The Balaban J connectivity index is 2.10. The minimum Gasteiger partial charge on any atom is -0.497 e. The Kier molecular flexibility index (Phi) is 5.58. The summed E-state index contributed by atoms with van der Waals surface area (Å²) in [6.45, 7) is 6.30. The van der Waals surface area contributed by atoms with Gasteiger partial charge >= 0.3 is 0 Å². The molecule has 2 rings (SSSR count). The molecule has 1 heterocycles. The normalized spacial score (nSPS) is 10.4. The van der Waals surface area contributed by atoms with E-state index in [9.17, 15) is 0 Å². The van der Waals surface area contributed by atoms with Crippen molar-refractivity contribution in [2.75, 3.05) is 13.7 Å². The largest absolute Gasteiger partial charge is 0.497 e. The van der Waals surface area contributed by atoms with Crippen LogP contribution < -0.4 is 14.8 Å². The monoisotopic (exact) mass is 286 g/mol. The summed E-state index contributed by atoms with van der Waals surface area (Å²) >= 11 is 0. The van der Waals surface area contributed by atoms with Gasteiger partial charge in [0.2, 0.25) is 0 Å². The highest BCUT2D eigenvalue weighted by Crippen LogP contribution is 2.25. The zero-order valence-corrected chi connectivity index (χ0v) is 12.8. The Bertz CT molecular complexity index is 585. The molecule has 0 unspecified atom stereocenters. The molecular weight excluding hydrogens is 264 g/mol. The van der Waals surface area contributed by atoms with Crippen LogP contribution in [-0.2, 0) is 13.2 Å². The van der Waals surface area contributed by atoms with Crippen LogP contribution in [0.1, 0.15) is 23.6 Å². The molecule has 0 amide bonds. The van der Waals surface area contributed by atoms with Gasteiger partial charge in [0, 0.05) is 30.1 Å². The molecule has 1 N–H and O–H groups in total. The first-order chi connectivity index (χ1) is 10.2. The Labute approximate surface area is 126 Å². The number of hydrogen-bond acceptors (Lipinski definition) is 4. The average Bonchev–Trinajstić information content (AvgIpc) is 2.51. The highest BCUT2D eigenvalue weighted by atomic mass is 16.5. The van der Waals surface area contributed by atoms with Gasteiger partial charge in [0.25, 0.3) is 0 Å². The maximum atomic E-state index is 5.94. The first-order valence-electron chi connectivity index (χ1n) is 7.14. The van der Waals surface area contributed by atoms with E-state index in [1.807, 2.05) is 37.5 Å². The van der Waals surface area contributed by atoms with Gasteiger partial charge in [-0.1, -0.05) is 6.92 Å². The SMILES string of the molecule is CCNCc1cc(OC)ccc1OCc1cncc(C)c1. The van der Waals surface area contributed by atoms with Crippen LogP contribution in [0.3, 0.4) is 0 Å². The lowest BCUT2D eigenvalue weighted by Gasteiger charge is -2.13. The third-order valence-electron chi connectivity index (χ3n) is 3.16. The van der Waals surface area contributed by atoms with Gasteiger partial charge in [-0.3, -0.25) is 4.98 Å². The van der Waals surface area contributed by atoms with Crippen molar-refractivity contribution in [1.82, 2.24) is 10.3 Å². The van der Waals surface area contributed by atoms with Crippen molar-refractivity contribution in [3.8, 4) is 11.5 Å². The molecule has 0 saturated carbocycles. The van der Waals surface area contributed by atoms with E-state index in [4.69, 9.17) is 9.47 Å². The van der Waals surface area contributed by atoms with Gasteiger partial charge < -0.3 is 14.8 Å². The van der Waals surface area contributed by atoms with Crippen molar-refractivity contribution in [2.45, 2.75) is 27.0 Å². The first-order valence-corrected chi connectivity index (χ1v) is 7.14. The summed E-state index contributed by atoms with van der Waals surface area (Å²) in [6, 6.07) is 7.96. The quantitative estimate of drug-likeness (QED) is 0.849. The zero-order valence-electron chi connectivity index (χ0n) is 12.8. The number of rotatable bonds is 7. The number of pyridine rings is 1. The Hall–Kier alpha value is -2.07. The highest BCUT2D eigenvalue weighted by Gasteiger charge is 2.06. The van der Waals surface area contributed by atoms with Crippen LogP contribution in [0.15, 0.2) is 36.7 Å². The third kappa shape index (κ3) is 4.46. The summed E-state index contributed by atoms with van der Waals surface area (Å²) in [4.78, 5) is 4.18. The van der Waals surface area contributed by atoms with Crippen LogP contribution in [0.25, 0.3) is 0 Å². The predicted molar refractivity (Wildman–Crippen MR) is 83.7 cm³/mol. The molecule has 4 heteroatoms. The fraction of sp³-hybridized carbons (Fsp3) is 0.353. The van der Waals surface area contributed by atoms with Crippen LogP contribution in [0.2, 0.25) is 0 Å². The molecule has 0 bridgehead atoms. The van der Waals surface area contributed by atoms with Crippen LogP contribution in [0, 0.1) is 6.92 Å². The second-order valence-electron chi connectivity index (χ2n) is 4.91. The molecule has 4 nitrogen and oxygen atoms in total. The van der Waals surface area contributed by atoms with Gasteiger partial charge in [0.15, 0.2) is 0 Å². The molecule has 2 aromatic rings. The molecule has 0 atom stereocenters. The summed E-state index contributed by atoms with van der Waals surface area (Å²) in [5.74, 6) is 1.71. The number of ether oxygens (including phenoxy) is 2. The highest BCUT2D eigenvalue weighted by molar-refractivity contribution is 5.40. The van der Waals surface area contributed by atoms with Crippen molar-refractivity contribution in [2.24, 2.45) is 0 Å². The third-order valence-corrected chi connectivity index (χ3v) is 3.16. The lowest BCUT2D eigenvalue weighted by Crippen LogP contribution is -2.13. The molecule has 0 fully saturated rings. The summed E-state index contributed by atoms with van der Waals surface area (Å²) in [6.07, 6.45) is 3.67. The first kappa shape index (κ1) is 15.3. The molecule has 0 aliphatic rings. The lowest BCUT2D eigenvalue weighted by atomic mass is 10.2. The van der Waals surface area contributed by atoms with Gasteiger partial charge in [0.1, 0.15) is 18.1 Å². The molecule has 1 aromatic heterocycles. The number of methoxy groups -OCH3 is 1. The fourth-order valence-corrected chi connectivity index (χ4v) is 2.08. The molecule has 0 saturated heterocycles. The van der Waals surface area contributed by atoms with Crippen LogP contribution in [-0.4, -0.2) is 18.6 Å². The molecule has 0 radical (unpaired) electrons. The lowest BCUT2D eigenvalue weighted by molar-refractivity contribution is 0.300. The van der Waals surface area contributed by atoms with Crippen LogP contribution >= 0.6 is 0 Å². The Morgan fingerprint density at radius 1 is 1.19 bits per heavy atom. The van der Waals surface area contributed by atoms with Gasteiger partial charge in [-0.25, -0.2) is 0 Å². The van der Waals surface area contributed by atoms with Crippen molar-refractivity contribution in [3.63, 3.8) is 0 Å². The molecule has 0 aliphatic carbocycles. The van der Waals surface area contributed by atoms with Crippen molar-refractivity contribution >= 4 is 0 Å². The van der Waals surface area contributed by atoms with Gasteiger partial charge in [-0.05, 0) is 43.3 Å². The van der Waals surface area contributed by atoms with Crippen LogP contribution in [0.4, 0.5) is 0 Å². The van der Waals surface area contributed by atoms with E-state index >= 15 is 0 Å². The smallest absolute Gasteiger partial charge is 0.124 e.